The molecule has 0 aromatic heterocycles. The first-order valence-electron chi connectivity index (χ1n) is 9.52. The average molecular weight is 446 g/mol. The van der Waals surface area contributed by atoms with E-state index in [2.05, 4.69) is 89.4 Å². The van der Waals surface area contributed by atoms with Crippen molar-refractivity contribution in [2.45, 2.75) is 31.1 Å². The highest BCUT2D eigenvalue weighted by molar-refractivity contribution is 14.1. The van der Waals surface area contributed by atoms with Crippen molar-refractivity contribution >= 4 is 33.7 Å². The first kappa shape index (κ1) is 15.2. The summed E-state index contributed by atoms with van der Waals surface area (Å²) in [5, 5.41) is 0. The van der Waals surface area contributed by atoms with Crippen molar-refractivity contribution < 1.29 is 0 Å². The molecule has 0 saturated carbocycles. The lowest BCUT2D eigenvalue weighted by molar-refractivity contribution is 0.767. The fraction of sp³-hybridized carbons (Fsp3) is 0.200. The second-order valence-corrected chi connectivity index (χ2v) is 8.90. The molecule has 0 bridgehead atoms. The van der Waals surface area contributed by atoms with Gasteiger partial charge in [-0.1, -0.05) is 54.6 Å². The van der Waals surface area contributed by atoms with E-state index in [1.807, 2.05) is 0 Å². The number of allylic oxidation sites excluding steroid dienone is 8. The van der Waals surface area contributed by atoms with E-state index in [1.54, 1.807) is 11.1 Å². The second-order valence-electron chi connectivity index (χ2n) is 7.65. The Balaban J connectivity index is 1.81. The largest absolute Gasteiger partial charge is 0.0839 e. The van der Waals surface area contributed by atoms with E-state index in [1.165, 1.54) is 37.0 Å². The predicted molar refractivity (Wildman–Crippen MR) is 117 cm³/mol. The smallest absolute Gasteiger partial charge is 0.0719 e. The summed E-state index contributed by atoms with van der Waals surface area (Å²) in [4.78, 5) is 0. The van der Waals surface area contributed by atoms with Crippen LogP contribution in [-0.2, 0) is 5.41 Å². The fourth-order valence-corrected chi connectivity index (χ4v) is 6.12. The Labute approximate surface area is 168 Å². The van der Waals surface area contributed by atoms with Crippen LogP contribution in [0, 0.1) is 3.57 Å². The average Bonchev–Trinajstić information content (AvgIpc) is 3.15. The lowest BCUT2D eigenvalue weighted by Crippen LogP contribution is -2.28. The van der Waals surface area contributed by atoms with Gasteiger partial charge in [-0.2, -0.15) is 0 Å². The summed E-state index contributed by atoms with van der Waals surface area (Å²) in [6, 6.07) is 16.2. The molecule has 0 radical (unpaired) electrons. The standard InChI is InChI=1S/C25H19I/c26-16-13-14-20-19-9-3-6-12-23(19)25(24(20)15-16)21-10-4-1-7-17(21)18-8-2-5-11-22(18)25/h1,4-7,10-15H,2-3,8-9H2. The van der Waals surface area contributed by atoms with Crippen LogP contribution in [0.15, 0.2) is 77.9 Å². The summed E-state index contributed by atoms with van der Waals surface area (Å²) in [6.07, 6.45) is 14.3. The molecule has 0 saturated heterocycles. The van der Waals surface area contributed by atoms with Gasteiger partial charge in [0.1, 0.15) is 0 Å². The summed E-state index contributed by atoms with van der Waals surface area (Å²) >= 11 is 2.47. The van der Waals surface area contributed by atoms with Crippen molar-refractivity contribution in [2.75, 3.05) is 0 Å². The Bertz CT molecular complexity index is 1080. The highest BCUT2D eigenvalue weighted by Crippen LogP contribution is 2.63. The van der Waals surface area contributed by atoms with Gasteiger partial charge in [-0.05, 0) is 105 Å². The van der Waals surface area contributed by atoms with Gasteiger partial charge < -0.3 is 0 Å². The minimum Gasteiger partial charge on any atom is -0.0839 e. The van der Waals surface area contributed by atoms with Gasteiger partial charge in [0.2, 0.25) is 0 Å². The summed E-state index contributed by atoms with van der Waals surface area (Å²) in [6.45, 7) is 0. The van der Waals surface area contributed by atoms with Gasteiger partial charge in [-0.25, -0.2) is 0 Å². The van der Waals surface area contributed by atoms with Gasteiger partial charge in [0.15, 0.2) is 0 Å². The quantitative estimate of drug-likeness (QED) is 0.390. The van der Waals surface area contributed by atoms with Crippen molar-refractivity contribution in [3.8, 4) is 0 Å². The van der Waals surface area contributed by atoms with Crippen LogP contribution in [0.1, 0.15) is 47.9 Å². The van der Waals surface area contributed by atoms with Crippen LogP contribution in [0.5, 0.6) is 0 Å². The van der Waals surface area contributed by atoms with Crippen LogP contribution in [0.25, 0.3) is 11.1 Å². The molecule has 0 amide bonds. The zero-order valence-electron chi connectivity index (χ0n) is 14.6. The van der Waals surface area contributed by atoms with E-state index in [4.69, 9.17) is 0 Å². The Morgan fingerprint density at radius 3 is 2.12 bits per heavy atom. The predicted octanol–water partition coefficient (Wildman–Crippen LogP) is 6.81. The molecule has 2 aromatic carbocycles. The summed E-state index contributed by atoms with van der Waals surface area (Å²) in [7, 11) is 0. The van der Waals surface area contributed by atoms with Crippen LogP contribution in [-0.4, -0.2) is 0 Å². The molecule has 1 spiro atoms. The highest BCUT2D eigenvalue weighted by Gasteiger charge is 2.52. The van der Waals surface area contributed by atoms with Gasteiger partial charge in [0.25, 0.3) is 0 Å². The number of benzene rings is 2. The Kier molecular flexibility index (Phi) is 3.11. The van der Waals surface area contributed by atoms with Gasteiger partial charge in [0, 0.05) is 3.57 Å². The zero-order chi connectivity index (χ0) is 17.3. The fourth-order valence-electron chi connectivity index (χ4n) is 5.62. The maximum Gasteiger partial charge on any atom is 0.0719 e. The summed E-state index contributed by atoms with van der Waals surface area (Å²) in [5.41, 5.74) is 12.1. The molecule has 126 valence electrons. The van der Waals surface area contributed by atoms with E-state index < -0.39 is 0 Å². The molecule has 0 nitrogen and oxygen atoms in total. The number of hydrogen-bond acceptors (Lipinski definition) is 0. The van der Waals surface area contributed by atoms with Crippen molar-refractivity contribution in [2.24, 2.45) is 0 Å². The Morgan fingerprint density at radius 1 is 0.731 bits per heavy atom. The maximum atomic E-state index is 2.47. The van der Waals surface area contributed by atoms with E-state index in [9.17, 15) is 0 Å². The second kappa shape index (κ2) is 5.32. The van der Waals surface area contributed by atoms with Crippen LogP contribution >= 0.6 is 22.6 Å². The molecule has 0 heterocycles. The van der Waals surface area contributed by atoms with Crippen LogP contribution in [0.2, 0.25) is 0 Å². The lowest BCUT2D eigenvalue weighted by atomic mass is 9.67. The Hall–Kier alpha value is -1.87. The highest BCUT2D eigenvalue weighted by atomic mass is 127. The molecule has 0 fully saturated rings. The molecule has 26 heavy (non-hydrogen) atoms. The molecule has 4 aliphatic carbocycles. The van der Waals surface area contributed by atoms with Gasteiger partial charge >= 0.3 is 0 Å². The molecule has 0 N–H and O–H groups in total. The molecular weight excluding hydrogens is 427 g/mol. The van der Waals surface area contributed by atoms with Gasteiger partial charge in [-0.3, -0.25) is 0 Å². The molecule has 2 aromatic rings. The third-order valence-corrected chi connectivity index (χ3v) is 7.19. The molecule has 1 atom stereocenters. The normalized spacial score (nSPS) is 24.8. The first-order chi connectivity index (χ1) is 12.8. The zero-order valence-corrected chi connectivity index (χ0v) is 16.7. The minimum absolute atomic E-state index is 0.0917. The molecule has 0 aliphatic heterocycles. The first-order valence-corrected chi connectivity index (χ1v) is 10.6. The molecule has 1 heteroatoms. The topological polar surface area (TPSA) is 0 Å². The third-order valence-electron chi connectivity index (χ3n) is 6.52. The molecule has 1 unspecified atom stereocenters. The van der Waals surface area contributed by atoms with Crippen molar-refractivity contribution in [3.05, 3.63) is 104 Å². The third kappa shape index (κ3) is 1.70. The number of rotatable bonds is 0. The number of fused-ring (bicyclic) bond motifs is 8. The van der Waals surface area contributed by atoms with E-state index in [-0.39, 0.29) is 5.41 Å². The van der Waals surface area contributed by atoms with Crippen LogP contribution < -0.4 is 0 Å². The monoisotopic (exact) mass is 446 g/mol. The van der Waals surface area contributed by atoms with Gasteiger partial charge in [0.05, 0.1) is 5.41 Å². The number of hydrogen-bond donors (Lipinski definition) is 0. The summed E-state index contributed by atoms with van der Waals surface area (Å²) in [5.74, 6) is 0. The van der Waals surface area contributed by atoms with Crippen molar-refractivity contribution in [1.29, 1.82) is 0 Å². The molecular formula is C25H19I. The van der Waals surface area contributed by atoms with E-state index >= 15 is 0 Å². The van der Waals surface area contributed by atoms with E-state index in [0.717, 1.165) is 25.7 Å². The van der Waals surface area contributed by atoms with Crippen LogP contribution in [0.3, 0.4) is 0 Å². The number of halogens is 1. The SMILES string of the molecule is Ic1ccc2c(c1)C1(C3=C(CCC=C3)c3ccccc31)C1=C2CCC=C1. The summed E-state index contributed by atoms with van der Waals surface area (Å²) < 4.78 is 1.33. The van der Waals surface area contributed by atoms with Crippen molar-refractivity contribution in [3.63, 3.8) is 0 Å². The van der Waals surface area contributed by atoms with E-state index in [0.29, 0.717) is 0 Å². The molecule has 6 rings (SSSR count). The Morgan fingerprint density at radius 2 is 1.38 bits per heavy atom. The van der Waals surface area contributed by atoms with Crippen LogP contribution in [0.4, 0.5) is 0 Å². The molecule has 4 aliphatic rings. The maximum absolute atomic E-state index is 2.47. The van der Waals surface area contributed by atoms with Gasteiger partial charge in [-0.15, -0.1) is 0 Å². The van der Waals surface area contributed by atoms with Crippen molar-refractivity contribution in [1.82, 2.24) is 0 Å². The minimum atomic E-state index is -0.0917. The lowest BCUT2D eigenvalue weighted by Gasteiger charge is -2.34.